The number of nitrogen functional groups attached to an aromatic ring is 1. The minimum Gasteiger partial charge on any atom is -0.497 e. The van der Waals surface area contributed by atoms with Crippen molar-refractivity contribution in [2.75, 3.05) is 20.0 Å². The van der Waals surface area contributed by atoms with E-state index in [0.717, 1.165) is 28.2 Å². The summed E-state index contributed by atoms with van der Waals surface area (Å²) in [6.07, 6.45) is 1.76. The van der Waals surface area contributed by atoms with Crippen LogP contribution in [0.25, 0.3) is 11.1 Å². The second-order valence-electron chi connectivity index (χ2n) is 4.03. The lowest BCUT2D eigenvalue weighted by atomic mass is 10.0. The Morgan fingerprint density at radius 3 is 2.11 bits per heavy atom. The molecule has 0 bridgehead atoms. The van der Waals surface area contributed by atoms with E-state index in [0.29, 0.717) is 5.82 Å². The predicted molar refractivity (Wildman–Crippen MR) is 71.9 cm³/mol. The first-order valence-electron chi connectivity index (χ1n) is 5.59. The SMILES string of the molecule is COc1cc(OC)cc(-c2cnc(N)cc2C)c1. The molecule has 2 rings (SSSR count). The fourth-order valence-electron chi connectivity index (χ4n) is 1.84. The molecule has 0 aliphatic heterocycles. The van der Waals surface area contributed by atoms with Gasteiger partial charge in [-0.3, -0.25) is 0 Å². The van der Waals surface area contributed by atoms with Gasteiger partial charge in [-0.1, -0.05) is 0 Å². The summed E-state index contributed by atoms with van der Waals surface area (Å²) in [6, 6.07) is 7.58. The Kier molecular flexibility index (Phi) is 3.37. The standard InChI is InChI=1S/C14H16N2O2/c1-9-4-14(15)16-8-13(9)10-5-11(17-2)7-12(6-10)18-3/h4-8H,1-3H3,(H2,15,16). The minimum absolute atomic E-state index is 0.520. The molecule has 4 heteroatoms. The first kappa shape index (κ1) is 12.2. The molecule has 2 aromatic rings. The van der Waals surface area contributed by atoms with Crippen LogP contribution >= 0.6 is 0 Å². The van der Waals surface area contributed by atoms with Gasteiger partial charge in [0.15, 0.2) is 0 Å². The van der Waals surface area contributed by atoms with Crippen molar-refractivity contribution in [1.82, 2.24) is 4.98 Å². The third-order valence-corrected chi connectivity index (χ3v) is 2.79. The average molecular weight is 244 g/mol. The zero-order valence-corrected chi connectivity index (χ0v) is 10.7. The molecule has 1 heterocycles. The van der Waals surface area contributed by atoms with E-state index in [-0.39, 0.29) is 0 Å². The van der Waals surface area contributed by atoms with Gasteiger partial charge in [0.05, 0.1) is 14.2 Å². The molecule has 0 atom stereocenters. The number of hydrogen-bond acceptors (Lipinski definition) is 4. The maximum absolute atomic E-state index is 5.66. The van der Waals surface area contributed by atoms with Gasteiger partial charge < -0.3 is 15.2 Å². The lowest BCUT2D eigenvalue weighted by Gasteiger charge is -2.10. The summed E-state index contributed by atoms with van der Waals surface area (Å²) in [6.45, 7) is 2.00. The van der Waals surface area contributed by atoms with Crippen LogP contribution in [0.15, 0.2) is 30.5 Å². The number of nitrogens with zero attached hydrogens (tertiary/aromatic N) is 1. The molecule has 0 saturated carbocycles. The fraction of sp³-hybridized carbons (Fsp3) is 0.214. The van der Waals surface area contributed by atoms with Crippen molar-refractivity contribution in [3.8, 4) is 22.6 Å². The quantitative estimate of drug-likeness (QED) is 0.901. The molecule has 18 heavy (non-hydrogen) atoms. The molecule has 0 amide bonds. The highest BCUT2D eigenvalue weighted by molar-refractivity contribution is 5.70. The number of aryl methyl sites for hydroxylation is 1. The van der Waals surface area contributed by atoms with E-state index >= 15 is 0 Å². The molecular formula is C14H16N2O2. The topological polar surface area (TPSA) is 57.4 Å². The van der Waals surface area contributed by atoms with Gasteiger partial charge in [0, 0.05) is 17.8 Å². The number of aromatic nitrogens is 1. The Balaban J connectivity index is 2.55. The smallest absolute Gasteiger partial charge is 0.123 e. The van der Waals surface area contributed by atoms with Crippen LogP contribution in [-0.2, 0) is 0 Å². The van der Waals surface area contributed by atoms with Gasteiger partial charge >= 0.3 is 0 Å². The van der Waals surface area contributed by atoms with Crippen LogP contribution in [0.5, 0.6) is 11.5 Å². The molecule has 0 saturated heterocycles. The van der Waals surface area contributed by atoms with Crippen LogP contribution in [0.1, 0.15) is 5.56 Å². The summed E-state index contributed by atoms with van der Waals surface area (Å²) in [5.41, 5.74) is 8.74. The normalized spacial score (nSPS) is 10.2. The maximum atomic E-state index is 5.66. The molecule has 0 fully saturated rings. The third kappa shape index (κ3) is 2.37. The highest BCUT2D eigenvalue weighted by atomic mass is 16.5. The highest BCUT2D eigenvalue weighted by Crippen LogP contribution is 2.31. The van der Waals surface area contributed by atoms with Crippen molar-refractivity contribution in [2.24, 2.45) is 0 Å². The van der Waals surface area contributed by atoms with Crippen LogP contribution in [0.3, 0.4) is 0 Å². The van der Waals surface area contributed by atoms with Crippen molar-refractivity contribution < 1.29 is 9.47 Å². The van der Waals surface area contributed by atoms with Gasteiger partial charge in [-0.25, -0.2) is 4.98 Å². The van der Waals surface area contributed by atoms with Crippen molar-refractivity contribution in [3.05, 3.63) is 36.0 Å². The first-order chi connectivity index (χ1) is 8.63. The number of anilines is 1. The molecule has 94 valence electrons. The van der Waals surface area contributed by atoms with Crippen molar-refractivity contribution in [3.63, 3.8) is 0 Å². The summed E-state index contributed by atoms with van der Waals surface area (Å²) >= 11 is 0. The van der Waals surface area contributed by atoms with Gasteiger partial charge in [0.25, 0.3) is 0 Å². The third-order valence-electron chi connectivity index (χ3n) is 2.79. The number of hydrogen-bond donors (Lipinski definition) is 1. The largest absolute Gasteiger partial charge is 0.497 e. The van der Waals surface area contributed by atoms with E-state index in [4.69, 9.17) is 15.2 Å². The molecule has 2 N–H and O–H groups in total. The molecule has 4 nitrogen and oxygen atoms in total. The molecule has 0 radical (unpaired) electrons. The van der Waals surface area contributed by atoms with Crippen molar-refractivity contribution >= 4 is 5.82 Å². The monoisotopic (exact) mass is 244 g/mol. The van der Waals surface area contributed by atoms with Gasteiger partial charge in [-0.05, 0) is 36.2 Å². The Morgan fingerprint density at radius 2 is 1.61 bits per heavy atom. The first-order valence-corrected chi connectivity index (χ1v) is 5.59. The summed E-state index contributed by atoms with van der Waals surface area (Å²) in [5, 5.41) is 0. The number of benzene rings is 1. The molecule has 1 aromatic carbocycles. The van der Waals surface area contributed by atoms with Crippen LogP contribution in [0.2, 0.25) is 0 Å². The van der Waals surface area contributed by atoms with E-state index in [1.54, 1.807) is 20.4 Å². The molecule has 0 aliphatic rings. The van der Waals surface area contributed by atoms with E-state index in [1.165, 1.54) is 0 Å². The number of rotatable bonds is 3. The second kappa shape index (κ2) is 4.96. The Labute approximate surface area is 106 Å². The van der Waals surface area contributed by atoms with Crippen LogP contribution < -0.4 is 15.2 Å². The van der Waals surface area contributed by atoms with Crippen molar-refractivity contribution in [2.45, 2.75) is 6.92 Å². The summed E-state index contributed by atoms with van der Waals surface area (Å²) in [7, 11) is 3.26. The van der Waals surface area contributed by atoms with Gasteiger partial charge in [-0.2, -0.15) is 0 Å². The van der Waals surface area contributed by atoms with E-state index in [1.807, 2.05) is 31.2 Å². The summed E-state index contributed by atoms with van der Waals surface area (Å²) in [5.74, 6) is 2.02. The summed E-state index contributed by atoms with van der Waals surface area (Å²) in [4.78, 5) is 4.12. The van der Waals surface area contributed by atoms with Crippen LogP contribution in [0, 0.1) is 6.92 Å². The number of methoxy groups -OCH3 is 2. The number of pyridine rings is 1. The van der Waals surface area contributed by atoms with Crippen LogP contribution in [0.4, 0.5) is 5.82 Å². The molecule has 0 aliphatic carbocycles. The maximum Gasteiger partial charge on any atom is 0.123 e. The minimum atomic E-state index is 0.520. The number of ether oxygens (including phenoxy) is 2. The summed E-state index contributed by atoms with van der Waals surface area (Å²) < 4.78 is 10.5. The average Bonchev–Trinajstić information content (AvgIpc) is 2.38. The Bertz CT molecular complexity index is 545. The molecule has 0 unspecified atom stereocenters. The zero-order valence-electron chi connectivity index (χ0n) is 10.7. The lowest BCUT2D eigenvalue weighted by Crippen LogP contribution is -1.94. The Morgan fingerprint density at radius 1 is 1.00 bits per heavy atom. The lowest BCUT2D eigenvalue weighted by molar-refractivity contribution is 0.394. The van der Waals surface area contributed by atoms with Gasteiger partial charge in [-0.15, -0.1) is 0 Å². The van der Waals surface area contributed by atoms with Crippen molar-refractivity contribution in [1.29, 1.82) is 0 Å². The highest BCUT2D eigenvalue weighted by Gasteiger charge is 2.07. The number of nitrogens with two attached hydrogens (primary N) is 1. The van der Waals surface area contributed by atoms with Gasteiger partial charge in [0.2, 0.25) is 0 Å². The zero-order chi connectivity index (χ0) is 13.1. The van der Waals surface area contributed by atoms with Crippen LogP contribution in [-0.4, -0.2) is 19.2 Å². The second-order valence-corrected chi connectivity index (χ2v) is 4.03. The molecule has 1 aromatic heterocycles. The fourth-order valence-corrected chi connectivity index (χ4v) is 1.84. The van der Waals surface area contributed by atoms with E-state index in [2.05, 4.69) is 4.98 Å². The van der Waals surface area contributed by atoms with Gasteiger partial charge in [0.1, 0.15) is 17.3 Å². The Hall–Kier alpha value is -2.23. The van der Waals surface area contributed by atoms with E-state index in [9.17, 15) is 0 Å². The molecule has 0 spiro atoms. The predicted octanol–water partition coefficient (Wildman–Crippen LogP) is 2.66. The molecular weight excluding hydrogens is 228 g/mol. The van der Waals surface area contributed by atoms with E-state index < -0.39 is 0 Å².